The second-order valence-corrected chi connectivity index (χ2v) is 5.65. The minimum Gasteiger partial charge on any atom is -0.486 e. The first kappa shape index (κ1) is 12.3. The summed E-state index contributed by atoms with van der Waals surface area (Å²) in [4.78, 5) is 0. The van der Waals surface area contributed by atoms with Crippen LogP contribution in [-0.4, -0.2) is 25.9 Å². The summed E-state index contributed by atoms with van der Waals surface area (Å²) < 4.78 is 17.6. The van der Waals surface area contributed by atoms with Crippen LogP contribution in [-0.2, 0) is 9.31 Å². The lowest BCUT2D eigenvalue weighted by Gasteiger charge is -2.25. The first-order valence-corrected chi connectivity index (χ1v) is 6.38. The lowest BCUT2D eigenvalue weighted by atomic mass is 9.78. The van der Waals surface area contributed by atoms with Crippen molar-refractivity contribution in [1.82, 2.24) is 0 Å². The van der Waals surface area contributed by atoms with Crippen LogP contribution in [0.4, 0.5) is 0 Å². The third-order valence-electron chi connectivity index (χ3n) is 3.22. The van der Waals surface area contributed by atoms with Gasteiger partial charge >= 0.3 is 7.12 Å². The molecule has 3 rings (SSSR count). The molecule has 0 radical (unpaired) electrons. The highest BCUT2D eigenvalue weighted by atomic mass is 35.5. The molecule has 0 amide bonds. The maximum absolute atomic E-state index is 6.24. The molecule has 2 aliphatic heterocycles. The highest BCUT2D eigenvalue weighted by Crippen LogP contribution is 2.36. The number of hydrogen-bond acceptors (Lipinski definition) is 4. The molecule has 0 saturated heterocycles. The van der Waals surface area contributed by atoms with Gasteiger partial charge in [0, 0.05) is 22.6 Å². The minimum atomic E-state index is -0.427. The maximum Gasteiger partial charge on any atom is 0.498 e. The molecule has 2 N–H and O–H groups in total. The Labute approximate surface area is 111 Å². The summed E-state index contributed by atoms with van der Waals surface area (Å²) in [5.41, 5.74) is 7.13. The Kier molecular flexibility index (Phi) is 2.82. The van der Waals surface area contributed by atoms with Crippen LogP contribution in [0.25, 0.3) is 0 Å². The Morgan fingerprint density at radius 1 is 1.50 bits per heavy atom. The molecule has 1 aromatic rings. The lowest BCUT2D eigenvalue weighted by molar-refractivity contribution is 0.0438. The summed E-state index contributed by atoms with van der Waals surface area (Å²) in [6, 6.07) is 3.69. The van der Waals surface area contributed by atoms with Crippen molar-refractivity contribution in [2.45, 2.75) is 25.6 Å². The fourth-order valence-corrected chi connectivity index (χ4v) is 2.72. The highest BCUT2D eigenvalue weighted by molar-refractivity contribution is 6.64. The number of nitrogens with two attached hydrogens (primary N) is 1. The van der Waals surface area contributed by atoms with Gasteiger partial charge in [0.2, 0.25) is 0 Å². The second kappa shape index (κ2) is 4.13. The van der Waals surface area contributed by atoms with E-state index in [9.17, 15) is 0 Å². The molecule has 0 spiro atoms. The average Bonchev–Trinajstić information content (AvgIpc) is 2.64. The van der Waals surface area contributed by atoms with Gasteiger partial charge in [-0.3, -0.25) is 0 Å². The summed E-state index contributed by atoms with van der Waals surface area (Å²) >= 11 is 6.24. The number of halogens is 1. The molecule has 0 bridgehead atoms. The van der Waals surface area contributed by atoms with Gasteiger partial charge in [0.05, 0.1) is 12.7 Å². The zero-order valence-corrected chi connectivity index (χ0v) is 11.2. The monoisotopic (exact) mass is 267 g/mol. The van der Waals surface area contributed by atoms with Crippen molar-refractivity contribution in [1.29, 1.82) is 0 Å². The van der Waals surface area contributed by atoms with E-state index in [0.29, 0.717) is 18.2 Å². The number of benzene rings is 1. The van der Waals surface area contributed by atoms with E-state index in [0.717, 1.165) is 16.8 Å². The van der Waals surface area contributed by atoms with Crippen molar-refractivity contribution in [3.8, 4) is 5.75 Å². The van der Waals surface area contributed by atoms with Gasteiger partial charge < -0.3 is 19.8 Å². The molecule has 0 aromatic heterocycles. The van der Waals surface area contributed by atoms with E-state index in [2.05, 4.69) is 0 Å². The third-order valence-corrected chi connectivity index (χ3v) is 3.55. The summed E-state index contributed by atoms with van der Waals surface area (Å²) in [6.07, 6.45) is -0.220. The van der Waals surface area contributed by atoms with Gasteiger partial charge in [0.15, 0.2) is 0 Å². The first-order valence-electron chi connectivity index (χ1n) is 6.00. The molecule has 4 nitrogen and oxygen atoms in total. The van der Waals surface area contributed by atoms with Crippen LogP contribution in [0.2, 0.25) is 5.02 Å². The molecule has 0 saturated carbocycles. The smallest absolute Gasteiger partial charge is 0.486 e. The van der Waals surface area contributed by atoms with Crippen LogP contribution in [0.15, 0.2) is 12.1 Å². The molecular weight excluding hydrogens is 252 g/mol. The predicted molar refractivity (Wildman–Crippen MR) is 70.4 cm³/mol. The maximum atomic E-state index is 6.24. The molecule has 1 aromatic carbocycles. The molecule has 6 heteroatoms. The van der Waals surface area contributed by atoms with Crippen LogP contribution in [0.3, 0.4) is 0 Å². The quantitative estimate of drug-likeness (QED) is 0.778. The van der Waals surface area contributed by atoms with Crippen LogP contribution in [0.5, 0.6) is 5.75 Å². The van der Waals surface area contributed by atoms with Gasteiger partial charge in [-0.05, 0) is 26.0 Å². The molecule has 2 heterocycles. The Bertz CT molecular complexity index is 494. The SMILES string of the molecule is CC1(C)COB2OC(CN)c3c(Cl)ccc(c32)O1. The van der Waals surface area contributed by atoms with Crippen LogP contribution >= 0.6 is 11.6 Å². The van der Waals surface area contributed by atoms with Gasteiger partial charge in [-0.2, -0.15) is 0 Å². The second-order valence-electron chi connectivity index (χ2n) is 5.24. The fraction of sp³-hybridized carbons (Fsp3) is 0.500. The van der Waals surface area contributed by atoms with Gasteiger partial charge in [-0.1, -0.05) is 11.6 Å². The van der Waals surface area contributed by atoms with Gasteiger partial charge in [0.1, 0.15) is 11.4 Å². The zero-order chi connectivity index (χ0) is 12.9. The third kappa shape index (κ3) is 1.82. The first-order chi connectivity index (χ1) is 8.52. The molecule has 1 atom stereocenters. The molecule has 2 aliphatic rings. The van der Waals surface area contributed by atoms with E-state index >= 15 is 0 Å². The summed E-state index contributed by atoms with van der Waals surface area (Å²) in [7, 11) is -0.427. The van der Waals surface area contributed by atoms with Crippen molar-refractivity contribution in [2.75, 3.05) is 13.2 Å². The Hall–Kier alpha value is -0.745. The van der Waals surface area contributed by atoms with Crippen molar-refractivity contribution in [3.63, 3.8) is 0 Å². The van der Waals surface area contributed by atoms with E-state index < -0.39 is 7.12 Å². The minimum absolute atomic E-state index is 0.220. The van der Waals surface area contributed by atoms with Crippen molar-refractivity contribution >= 4 is 24.2 Å². The Morgan fingerprint density at radius 3 is 3.00 bits per heavy atom. The zero-order valence-electron chi connectivity index (χ0n) is 10.4. The van der Waals surface area contributed by atoms with Gasteiger partial charge in [-0.25, -0.2) is 0 Å². The Morgan fingerprint density at radius 2 is 2.28 bits per heavy atom. The molecule has 1 unspecified atom stereocenters. The van der Waals surface area contributed by atoms with Crippen molar-refractivity contribution < 1.29 is 14.0 Å². The van der Waals surface area contributed by atoms with Crippen LogP contribution < -0.4 is 15.9 Å². The van der Waals surface area contributed by atoms with Crippen molar-refractivity contribution in [3.05, 3.63) is 22.7 Å². The van der Waals surface area contributed by atoms with E-state index in [4.69, 9.17) is 31.4 Å². The normalized spacial score (nSPS) is 24.4. The summed E-state index contributed by atoms with van der Waals surface area (Å²) in [6.45, 7) is 4.80. The average molecular weight is 268 g/mol. The van der Waals surface area contributed by atoms with Crippen LogP contribution in [0, 0.1) is 0 Å². The largest absolute Gasteiger partial charge is 0.498 e. The number of hydrogen-bond donors (Lipinski definition) is 1. The lowest BCUT2D eigenvalue weighted by Crippen LogP contribution is -2.35. The topological polar surface area (TPSA) is 53.7 Å². The summed E-state index contributed by atoms with van der Waals surface area (Å²) in [5.74, 6) is 0.776. The Balaban J connectivity index is 2.15. The van der Waals surface area contributed by atoms with E-state index in [-0.39, 0.29) is 11.7 Å². The van der Waals surface area contributed by atoms with Gasteiger partial charge in [0.25, 0.3) is 0 Å². The van der Waals surface area contributed by atoms with E-state index in [1.807, 2.05) is 26.0 Å². The number of rotatable bonds is 1. The molecule has 0 aliphatic carbocycles. The predicted octanol–water partition coefficient (Wildman–Crippen LogP) is 1.25. The molecule has 0 fully saturated rings. The van der Waals surface area contributed by atoms with Crippen molar-refractivity contribution in [2.24, 2.45) is 5.73 Å². The van der Waals surface area contributed by atoms with E-state index in [1.54, 1.807) is 0 Å². The van der Waals surface area contributed by atoms with Gasteiger partial charge in [-0.15, -0.1) is 0 Å². The van der Waals surface area contributed by atoms with Crippen LogP contribution in [0.1, 0.15) is 25.5 Å². The molecule has 96 valence electrons. The standard InChI is InChI=1S/C12H15BClNO3/c1-12(2)6-16-13-11-8(17-12)4-3-7(14)10(11)9(5-15)18-13/h3-4,9H,5-6,15H2,1-2H3. The molecular formula is C12H15BClNO3. The summed E-state index contributed by atoms with van der Waals surface area (Å²) in [5, 5.41) is 0.651. The van der Waals surface area contributed by atoms with E-state index in [1.165, 1.54) is 0 Å². The fourth-order valence-electron chi connectivity index (χ4n) is 2.43. The molecule has 18 heavy (non-hydrogen) atoms. The number of ether oxygens (including phenoxy) is 1. The highest BCUT2D eigenvalue weighted by Gasteiger charge is 2.45.